The van der Waals surface area contributed by atoms with Crippen LogP contribution in [0.4, 0.5) is 4.39 Å². The normalized spacial score (nSPS) is 22.6. The Morgan fingerprint density at radius 2 is 1.92 bits per heavy atom. The minimum absolute atomic E-state index is 0.0229. The third kappa shape index (κ3) is 4.28. The molecular formula is C18H19ClFN3O2. The topological polar surface area (TPSA) is 62.4 Å². The fraction of sp³-hybridized carbons (Fsp3) is 0.278. The lowest BCUT2D eigenvalue weighted by molar-refractivity contribution is -0.124. The molecule has 0 saturated carbocycles. The molecule has 1 aliphatic rings. The molecule has 1 fully saturated rings. The van der Waals surface area contributed by atoms with E-state index in [0.29, 0.717) is 5.02 Å². The van der Waals surface area contributed by atoms with Crippen LogP contribution in [-0.4, -0.2) is 24.7 Å². The van der Waals surface area contributed by atoms with Gasteiger partial charge in [0.2, 0.25) is 0 Å². The predicted molar refractivity (Wildman–Crippen MR) is 93.8 cm³/mol. The second-order valence-electron chi connectivity index (χ2n) is 5.92. The third-order valence-electron chi connectivity index (χ3n) is 4.13. The van der Waals surface area contributed by atoms with Gasteiger partial charge in [0, 0.05) is 17.0 Å². The molecule has 0 bridgehead atoms. The standard InChI is InChI=1S/C18H19ClFN3O2/c1-11-17(12-6-8-13(19)9-7-12)18(23-22-11)21-16(24)10-25-15-5-3-2-4-14(15)20/h2-9,11,17-18,22-23H,10H2,1H3,(H,21,24). The molecule has 0 spiro atoms. The maximum Gasteiger partial charge on any atom is 0.259 e. The van der Waals surface area contributed by atoms with Gasteiger partial charge in [-0.3, -0.25) is 10.2 Å². The Morgan fingerprint density at radius 3 is 2.64 bits per heavy atom. The molecule has 2 aromatic carbocycles. The summed E-state index contributed by atoms with van der Waals surface area (Å²) in [7, 11) is 0. The van der Waals surface area contributed by atoms with Crippen molar-refractivity contribution in [3.63, 3.8) is 0 Å². The van der Waals surface area contributed by atoms with Crippen LogP contribution in [0.5, 0.6) is 5.75 Å². The van der Waals surface area contributed by atoms with Gasteiger partial charge in [-0.1, -0.05) is 35.9 Å². The first-order valence-corrected chi connectivity index (χ1v) is 8.35. The predicted octanol–water partition coefficient (Wildman–Crippen LogP) is 2.58. The highest BCUT2D eigenvalue weighted by Gasteiger charge is 2.35. The van der Waals surface area contributed by atoms with Crippen LogP contribution in [-0.2, 0) is 4.79 Å². The number of hydrogen-bond donors (Lipinski definition) is 3. The number of hydrogen-bond acceptors (Lipinski definition) is 4. The summed E-state index contributed by atoms with van der Waals surface area (Å²) < 4.78 is 18.8. The van der Waals surface area contributed by atoms with Gasteiger partial charge in [0.05, 0.1) is 0 Å². The highest BCUT2D eigenvalue weighted by Crippen LogP contribution is 2.27. The third-order valence-corrected chi connectivity index (χ3v) is 4.38. The van der Waals surface area contributed by atoms with Crippen LogP contribution in [0.2, 0.25) is 5.02 Å². The van der Waals surface area contributed by atoms with E-state index in [0.717, 1.165) is 5.56 Å². The smallest absolute Gasteiger partial charge is 0.259 e. The molecule has 3 unspecified atom stereocenters. The molecule has 3 rings (SSSR count). The number of halogens is 2. The van der Waals surface area contributed by atoms with Crippen molar-refractivity contribution in [3.8, 4) is 5.75 Å². The molecule has 1 saturated heterocycles. The first-order chi connectivity index (χ1) is 12.0. The first-order valence-electron chi connectivity index (χ1n) is 7.98. The monoisotopic (exact) mass is 363 g/mol. The Morgan fingerprint density at radius 1 is 1.20 bits per heavy atom. The van der Waals surface area contributed by atoms with Gasteiger partial charge in [0.25, 0.3) is 5.91 Å². The molecule has 0 aromatic heterocycles. The lowest BCUT2D eigenvalue weighted by Gasteiger charge is -2.22. The SMILES string of the molecule is CC1NNC(NC(=O)COc2ccccc2F)C1c1ccc(Cl)cc1. The summed E-state index contributed by atoms with van der Waals surface area (Å²) in [6, 6.07) is 13.6. The highest BCUT2D eigenvalue weighted by molar-refractivity contribution is 6.30. The number of carbonyl (C=O) groups is 1. The van der Waals surface area contributed by atoms with Crippen molar-refractivity contribution in [1.82, 2.24) is 16.2 Å². The van der Waals surface area contributed by atoms with Crippen LogP contribution < -0.4 is 20.9 Å². The van der Waals surface area contributed by atoms with Gasteiger partial charge in [-0.2, -0.15) is 0 Å². The van der Waals surface area contributed by atoms with Crippen molar-refractivity contribution in [2.45, 2.75) is 25.0 Å². The van der Waals surface area contributed by atoms with Crippen molar-refractivity contribution in [1.29, 1.82) is 0 Å². The van der Waals surface area contributed by atoms with Crippen molar-refractivity contribution in [2.75, 3.05) is 6.61 Å². The largest absolute Gasteiger partial charge is 0.481 e. The quantitative estimate of drug-likeness (QED) is 0.764. The average Bonchev–Trinajstić information content (AvgIpc) is 2.95. The Kier molecular flexibility index (Phi) is 5.53. The van der Waals surface area contributed by atoms with E-state index in [9.17, 15) is 9.18 Å². The maximum atomic E-state index is 13.5. The van der Waals surface area contributed by atoms with E-state index in [1.807, 2.05) is 31.2 Å². The molecule has 1 aliphatic heterocycles. The fourth-order valence-corrected chi connectivity index (χ4v) is 3.03. The fourth-order valence-electron chi connectivity index (χ4n) is 2.90. The Balaban J connectivity index is 1.61. The van der Waals surface area contributed by atoms with Crippen LogP contribution in [0.25, 0.3) is 0 Å². The summed E-state index contributed by atoms with van der Waals surface area (Å²) >= 11 is 5.94. The zero-order valence-electron chi connectivity index (χ0n) is 13.6. The van der Waals surface area contributed by atoms with Gasteiger partial charge >= 0.3 is 0 Å². The molecule has 0 aliphatic carbocycles. The first kappa shape index (κ1) is 17.7. The summed E-state index contributed by atoms with van der Waals surface area (Å²) in [6.45, 7) is 1.76. The molecule has 25 heavy (non-hydrogen) atoms. The van der Waals surface area contributed by atoms with E-state index in [4.69, 9.17) is 16.3 Å². The average molecular weight is 364 g/mol. The van der Waals surface area contributed by atoms with Crippen molar-refractivity contribution in [3.05, 3.63) is 64.9 Å². The Bertz CT molecular complexity index is 741. The number of benzene rings is 2. The molecule has 1 amide bonds. The van der Waals surface area contributed by atoms with Gasteiger partial charge in [-0.15, -0.1) is 0 Å². The van der Waals surface area contributed by atoms with Crippen LogP contribution in [0.15, 0.2) is 48.5 Å². The second kappa shape index (κ2) is 7.82. The summed E-state index contributed by atoms with van der Waals surface area (Å²) in [5.74, 6) is -0.758. The zero-order chi connectivity index (χ0) is 17.8. The van der Waals surface area contributed by atoms with Crippen LogP contribution in [0, 0.1) is 5.82 Å². The number of rotatable bonds is 5. The van der Waals surface area contributed by atoms with Crippen molar-refractivity contribution >= 4 is 17.5 Å². The molecule has 3 atom stereocenters. The van der Waals surface area contributed by atoms with E-state index < -0.39 is 5.82 Å². The Hall–Kier alpha value is -2.15. The summed E-state index contributed by atoms with van der Waals surface area (Å²) in [6.07, 6.45) is -0.312. The number of nitrogens with one attached hydrogen (secondary N) is 3. The van der Waals surface area contributed by atoms with E-state index in [1.54, 1.807) is 12.1 Å². The number of carbonyl (C=O) groups excluding carboxylic acids is 1. The van der Waals surface area contributed by atoms with Crippen molar-refractivity contribution in [2.24, 2.45) is 0 Å². The molecular weight excluding hydrogens is 345 g/mol. The molecule has 132 valence electrons. The van der Waals surface area contributed by atoms with Crippen LogP contribution >= 0.6 is 11.6 Å². The van der Waals surface area contributed by atoms with Gasteiger partial charge in [-0.25, -0.2) is 9.82 Å². The minimum Gasteiger partial charge on any atom is -0.481 e. The summed E-state index contributed by atoms with van der Waals surface area (Å²) in [5, 5.41) is 3.53. The number of amides is 1. The lowest BCUT2D eigenvalue weighted by atomic mass is 9.91. The lowest BCUT2D eigenvalue weighted by Crippen LogP contribution is -2.47. The number of para-hydroxylation sites is 1. The van der Waals surface area contributed by atoms with Gasteiger partial charge in [0.1, 0.15) is 6.17 Å². The molecule has 0 radical (unpaired) electrons. The van der Waals surface area contributed by atoms with Crippen molar-refractivity contribution < 1.29 is 13.9 Å². The van der Waals surface area contributed by atoms with Crippen LogP contribution in [0.1, 0.15) is 18.4 Å². The van der Waals surface area contributed by atoms with E-state index >= 15 is 0 Å². The van der Waals surface area contributed by atoms with E-state index in [1.165, 1.54) is 12.1 Å². The summed E-state index contributed by atoms with van der Waals surface area (Å²) in [4.78, 5) is 12.2. The van der Waals surface area contributed by atoms with E-state index in [-0.39, 0.29) is 36.4 Å². The number of ether oxygens (including phenoxy) is 1. The molecule has 2 aromatic rings. The highest BCUT2D eigenvalue weighted by atomic mass is 35.5. The van der Waals surface area contributed by atoms with Gasteiger partial charge < -0.3 is 10.1 Å². The number of hydrazine groups is 1. The molecule has 7 heteroatoms. The van der Waals surface area contributed by atoms with Gasteiger partial charge in [-0.05, 0) is 36.8 Å². The maximum absolute atomic E-state index is 13.5. The Labute approximate surface area is 150 Å². The minimum atomic E-state index is -0.497. The zero-order valence-corrected chi connectivity index (χ0v) is 14.4. The molecule has 1 heterocycles. The molecule has 5 nitrogen and oxygen atoms in total. The molecule has 3 N–H and O–H groups in total. The van der Waals surface area contributed by atoms with Gasteiger partial charge in [0.15, 0.2) is 18.2 Å². The van der Waals surface area contributed by atoms with E-state index in [2.05, 4.69) is 16.2 Å². The second-order valence-corrected chi connectivity index (χ2v) is 6.36. The summed E-state index contributed by atoms with van der Waals surface area (Å²) in [5.41, 5.74) is 7.24. The van der Waals surface area contributed by atoms with Crippen LogP contribution in [0.3, 0.4) is 0 Å².